The zero-order valence-electron chi connectivity index (χ0n) is 9.67. The maximum atomic E-state index is 12.0. The third kappa shape index (κ3) is 4.84. The van der Waals surface area contributed by atoms with Gasteiger partial charge in [0, 0.05) is 29.6 Å². The highest BCUT2D eigenvalue weighted by Gasteiger charge is 2.14. The van der Waals surface area contributed by atoms with Gasteiger partial charge in [-0.15, -0.1) is 12.4 Å². The van der Waals surface area contributed by atoms with Crippen LogP contribution in [0.15, 0.2) is 22.7 Å². The van der Waals surface area contributed by atoms with Gasteiger partial charge in [0.25, 0.3) is 5.91 Å². The molecule has 1 amide bonds. The molecule has 0 saturated heterocycles. The number of nitrogens with one attached hydrogen (secondary N) is 1. The smallest absolute Gasteiger partial charge is 0.254 e. The first kappa shape index (κ1) is 16.7. The molecule has 0 aromatic heterocycles. The largest absolute Gasteiger partial charge is 0.340 e. The Morgan fingerprint density at radius 1 is 1.53 bits per heavy atom. The molecule has 0 bridgehead atoms. The average Bonchev–Trinajstić information content (AvgIpc) is 2.28. The lowest BCUT2D eigenvalue weighted by Crippen LogP contribution is -2.32. The number of amides is 1. The van der Waals surface area contributed by atoms with Crippen LogP contribution in [0.1, 0.15) is 10.4 Å². The maximum Gasteiger partial charge on any atom is 0.254 e. The Hall–Kier alpha value is -0.290. The first-order valence-corrected chi connectivity index (χ1v) is 6.08. The summed E-state index contributed by atoms with van der Waals surface area (Å²) in [5, 5.41) is 3.56. The summed E-state index contributed by atoms with van der Waals surface area (Å²) in [5.74, 6) is -0.0374. The van der Waals surface area contributed by atoms with Crippen LogP contribution in [0.2, 0.25) is 5.02 Å². The Labute approximate surface area is 121 Å². The third-order valence-corrected chi connectivity index (χ3v) is 3.13. The Morgan fingerprint density at radius 2 is 2.18 bits per heavy atom. The van der Waals surface area contributed by atoms with Crippen LogP contribution in [-0.2, 0) is 0 Å². The van der Waals surface area contributed by atoms with Crippen LogP contribution in [-0.4, -0.2) is 38.0 Å². The molecule has 1 aromatic rings. The van der Waals surface area contributed by atoms with Gasteiger partial charge in [0.05, 0.1) is 5.56 Å². The number of hydrogen-bond acceptors (Lipinski definition) is 2. The number of carbonyl (C=O) groups is 1. The second kappa shape index (κ2) is 7.93. The lowest BCUT2D eigenvalue weighted by Gasteiger charge is -2.17. The van der Waals surface area contributed by atoms with Crippen LogP contribution in [0.25, 0.3) is 0 Å². The Morgan fingerprint density at radius 3 is 2.76 bits per heavy atom. The van der Waals surface area contributed by atoms with Gasteiger partial charge in [-0.3, -0.25) is 4.79 Å². The van der Waals surface area contributed by atoms with Crippen molar-refractivity contribution in [2.24, 2.45) is 0 Å². The van der Waals surface area contributed by atoms with Crippen molar-refractivity contribution in [2.75, 3.05) is 27.2 Å². The van der Waals surface area contributed by atoms with E-state index < -0.39 is 0 Å². The SMILES string of the molecule is CNCCN(C)C(=O)c1cc(Cl)ccc1Br.Cl. The number of likely N-dealkylation sites (N-methyl/N-ethyl adjacent to an activating group) is 2. The van der Waals surface area contributed by atoms with E-state index >= 15 is 0 Å². The minimum Gasteiger partial charge on any atom is -0.340 e. The quantitative estimate of drug-likeness (QED) is 0.913. The number of benzene rings is 1. The molecule has 17 heavy (non-hydrogen) atoms. The molecule has 0 fully saturated rings. The molecule has 0 saturated carbocycles. The number of hydrogen-bond donors (Lipinski definition) is 1. The van der Waals surface area contributed by atoms with Crippen molar-refractivity contribution < 1.29 is 4.79 Å². The molecule has 0 aliphatic carbocycles. The van der Waals surface area contributed by atoms with E-state index in [9.17, 15) is 4.79 Å². The van der Waals surface area contributed by atoms with Crippen LogP contribution in [0, 0.1) is 0 Å². The van der Waals surface area contributed by atoms with Gasteiger partial charge in [0.15, 0.2) is 0 Å². The predicted octanol–water partition coefficient (Wildman–Crippen LogP) is 2.82. The van der Waals surface area contributed by atoms with Gasteiger partial charge >= 0.3 is 0 Å². The Balaban J connectivity index is 0.00000256. The zero-order chi connectivity index (χ0) is 12.1. The molecule has 0 heterocycles. The summed E-state index contributed by atoms with van der Waals surface area (Å²) in [4.78, 5) is 13.7. The minimum absolute atomic E-state index is 0. The standard InChI is InChI=1S/C11H14BrClN2O.ClH/c1-14-5-6-15(2)11(16)9-7-8(13)3-4-10(9)12;/h3-4,7,14H,5-6H2,1-2H3;1H. The van der Waals surface area contributed by atoms with Crippen molar-refractivity contribution in [3.8, 4) is 0 Å². The highest BCUT2D eigenvalue weighted by molar-refractivity contribution is 9.10. The van der Waals surface area contributed by atoms with E-state index in [0.717, 1.165) is 11.0 Å². The molecule has 0 unspecified atom stereocenters. The van der Waals surface area contributed by atoms with Crippen molar-refractivity contribution in [1.82, 2.24) is 10.2 Å². The minimum atomic E-state index is -0.0374. The van der Waals surface area contributed by atoms with E-state index in [1.54, 1.807) is 30.1 Å². The van der Waals surface area contributed by atoms with E-state index in [0.29, 0.717) is 17.1 Å². The molecule has 96 valence electrons. The molecule has 0 aliphatic heterocycles. The summed E-state index contributed by atoms with van der Waals surface area (Å²) in [6.07, 6.45) is 0. The number of rotatable bonds is 4. The molecule has 0 aliphatic rings. The van der Waals surface area contributed by atoms with Crippen LogP contribution in [0.3, 0.4) is 0 Å². The van der Waals surface area contributed by atoms with Gasteiger partial charge in [-0.25, -0.2) is 0 Å². The van der Waals surface area contributed by atoms with Crippen LogP contribution >= 0.6 is 39.9 Å². The number of nitrogens with zero attached hydrogens (tertiary/aromatic N) is 1. The van der Waals surface area contributed by atoms with Gasteiger partial charge in [-0.05, 0) is 41.2 Å². The fourth-order valence-corrected chi connectivity index (χ4v) is 1.84. The Bertz CT molecular complexity index is 388. The van der Waals surface area contributed by atoms with Crippen molar-refractivity contribution in [3.63, 3.8) is 0 Å². The van der Waals surface area contributed by atoms with Crippen molar-refractivity contribution in [2.45, 2.75) is 0 Å². The molecule has 1 N–H and O–H groups in total. The number of halogens is 3. The van der Waals surface area contributed by atoms with E-state index in [1.165, 1.54) is 0 Å². The summed E-state index contributed by atoms with van der Waals surface area (Å²) >= 11 is 9.21. The van der Waals surface area contributed by atoms with E-state index in [-0.39, 0.29) is 18.3 Å². The summed E-state index contributed by atoms with van der Waals surface area (Å²) < 4.78 is 0.762. The second-order valence-corrected chi connectivity index (χ2v) is 4.75. The summed E-state index contributed by atoms with van der Waals surface area (Å²) in [6, 6.07) is 5.20. The fraction of sp³-hybridized carbons (Fsp3) is 0.364. The predicted molar refractivity (Wildman–Crippen MR) is 77.3 cm³/mol. The zero-order valence-corrected chi connectivity index (χ0v) is 12.8. The topological polar surface area (TPSA) is 32.3 Å². The first-order chi connectivity index (χ1) is 7.56. The molecule has 1 aromatic carbocycles. The first-order valence-electron chi connectivity index (χ1n) is 4.91. The second-order valence-electron chi connectivity index (χ2n) is 3.45. The summed E-state index contributed by atoms with van der Waals surface area (Å²) in [7, 11) is 3.63. The molecule has 6 heteroatoms. The molecule has 3 nitrogen and oxygen atoms in total. The van der Waals surface area contributed by atoms with Crippen LogP contribution in [0.4, 0.5) is 0 Å². The highest BCUT2D eigenvalue weighted by Crippen LogP contribution is 2.22. The molecule has 1 rings (SSSR count). The molecule has 0 atom stereocenters. The third-order valence-electron chi connectivity index (χ3n) is 2.20. The molecule has 0 radical (unpaired) electrons. The van der Waals surface area contributed by atoms with E-state index in [4.69, 9.17) is 11.6 Å². The summed E-state index contributed by atoms with van der Waals surface area (Å²) in [6.45, 7) is 1.43. The number of carbonyl (C=O) groups excluding carboxylic acids is 1. The lowest BCUT2D eigenvalue weighted by atomic mass is 10.2. The van der Waals surface area contributed by atoms with Crippen LogP contribution in [0.5, 0.6) is 0 Å². The van der Waals surface area contributed by atoms with E-state index in [2.05, 4.69) is 21.2 Å². The fourth-order valence-electron chi connectivity index (χ4n) is 1.25. The lowest BCUT2D eigenvalue weighted by molar-refractivity contribution is 0.0796. The molecular formula is C11H15BrCl2N2O. The van der Waals surface area contributed by atoms with E-state index in [1.807, 2.05) is 7.05 Å². The van der Waals surface area contributed by atoms with Crippen molar-refractivity contribution in [1.29, 1.82) is 0 Å². The van der Waals surface area contributed by atoms with Crippen molar-refractivity contribution >= 4 is 45.8 Å². The maximum absolute atomic E-state index is 12.0. The molecular weight excluding hydrogens is 327 g/mol. The summed E-state index contributed by atoms with van der Waals surface area (Å²) in [5.41, 5.74) is 0.589. The van der Waals surface area contributed by atoms with Gasteiger partial charge in [0.1, 0.15) is 0 Å². The van der Waals surface area contributed by atoms with Gasteiger partial charge in [0.2, 0.25) is 0 Å². The van der Waals surface area contributed by atoms with Crippen LogP contribution < -0.4 is 5.32 Å². The highest BCUT2D eigenvalue weighted by atomic mass is 79.9. The average molecular weight is 342 g/mol. The molecule has 0 spiro atoms. The monoisotopic (exact) mass is 340 g/mol. The van der Waals surface area contributed by atoms with Gasteiger partial charge in [-0.2, -0.15) is 0 Å². The van der Waals surface area contributed by atoms with Gasteiger partial charge in [-0.1, -0.05) is 11.6 Å². The Kier molecular flexibility index (Phi) is 7.79. The normalized spacial score (nSPS) is 9.65. The van der Waals surface area contributed by atoms with Crippen molar-refractivity contribution in [3.05, 3.63) is 33.3 Å². The van der Waals surface area contributed by atoms with Gasteiger partial charge < -0.3 is 10.2 Å².